The summed E-state index contributed by atoms with van der Waals surface area (Å²) in [6.07, 6.45) is -0.0968. The van der Waals surface area contributed by atoms with Gasteiger partial charge in [-0.25, -0.2) is 0 Å². The van der Waals surface area contributed by atoms with E-state index in [1.807, 2.05) is 0 Å². The molecule has 0 aliphatic heterocycles. The number of carbonyl (C=O) groups is 3. The smallest absolute Gasteiger partial charge is 0.302 e. The number of benzene rings is 1. The van der Waals surface area contributed by atoms with Crippen molar-refractivity contribution in [3.05, 3.63) is 16.7 Å². The Labute approximate surface area is 174 Å². The van der Waals surface area contributed by atoms with Crippen molar-refractivity contribution in [3.8, 4) is 17.2 Å². The quantitative estimate of drug-likeness (QED) is 0.253. The van der Waals surface area contributed by atoms with Gasteiger partial charge in [0, 0.05) is 41.9 Å². The first-order chi connectivity index (χ1) is 13.8. The van der Waals surface area contributed by atoms with Gasteiger partial charge in [-0.2, -0.15) is 0 Å². The summed E-state index contributed by atoms with van der Waals surface area (Å²) in [5, 5.41) is 41.9. The molecule has 1 fully saturated rings. The molecule has 8 heteroatoms. The number of aliphatic hydroxyl groups is 1. The van der Waals surface area contributed by atoms with Crippen LogP contribution in [0.1, 0.15) is 74.9 Å². The Morgan fingerprint density at radius 1 is 1.10 bits per heavy atom. The third kappa shape index (κ3) is 2.96. The molecule has 0 saturated heterocycles. The van der Waals surface area contributed by atoms with Crippen molar-refractivity contribution in [2.24, 2.45) is 11.3 Å². The highest BCUT2D eigenvalue weighted by Crippen LogP contribution is 2.61. The van der Waals surface area contributed by atoms with E-state index in [2.05, 4.69) is 0 Å². The molecule has 164 valence electrons. The fraction of sp³-hybridized carbons (Fsp3) is 0.591. The van der Waals surface area contributed by atoms with Gasteiger partial charge in [0.05, 0.1) is 5.56 Å². The van der Waals surface area contributed by atoms with E-state index in [1.54, 1.807) is 20.8 Å². The molecule has 4 atom stereocenters. The molecule has 2 aliphatic carbocycles. The lowest BCUT2D eigenvalue weighted by Crippen LogP contribution is -2.58. The standard InChI is InChI=1S/C22H28O8/c1-9(8-23)12-15(25)13-14(18(28)16(12)26)22(5)7-11(30-10(2)24)6-21(3,4)20(22)19(29)17(13)27/h9,11,20,23,25-26,28H,6-8H2,1-5H3. The zero-order chi connectivity index (χ0) is 22.8. The van der Waals surface area contributed by atoms with Crippen LogP contribution < -0.4 is 0 Å². The molecule has 0 radical (unpaired) electrons. The minimum Gasteiger partial charge on any atom is -0.507 e. The highest BCUT2D eigenvalue weighted by Gasteiger charge is 2.61. The fourth-order valence-corrected chi connectivity index (χ4v) is 5.76. The summed E-state index contributed by atoms with van der Waals surface area (Å²) in [6.45, 7) is 7.58. The molecule has 2 aliphatic rings. The monoisotopic (exact) mass is 420 g/mol. The Morgan fingerprint density at radius 2 is 1.70 bits per heavy atom. The third-order valence-corrected chi connectivity index (χ3v) is 6.67. The van der Waals surface area contributed by atoms with Crippen molar-refractivity contribution in [2.45, 2.75) is 64.9 Å². The molecule has 0 amide bonds. The highest BCUT2D eigenvalue weighted by molar-refractivity contribution is 6.47. The van der Waals surface area contributed by atoms with Crippen molar-refractivity contribution < 1.29 is 39.5 Å². The first-order valence-corrected chi connectivity index (χ1v) is 9.95. The van der Waals surface area contributed by atoms with Gasteiger partial charge < -0.3 is 25.2 Å². The molecule has 1 saturated carbocycles. The van der Waals surface area contributed by atoms with Crippen LogP contribution in [-0.2, 0) is 19.7 Å². The summed E-state index contributed by atoms with van der Waals surface area (Å²) in [5.41, 5.74) is -2.51. The fourth-order valence-electron chi connectivity index (χ4n) is 5.76. The van der Waals surface area contributed by atoms with E-state index in [-0.39, 0.29) is 23.1 Å². The average Bonchev–Trinajstić information content (AvgIpc) is 2.60. The first-order valence-electron chi connectivity index (χ1n) is 9.95. The van der Waals surface area contributed by atoms with Gasteiger partial charge in [-0.3, -0.25) is 14.4 Å². The van der Waals surface area contributed by atoms with Crippen molar-refractivity contribution in [3.63, 3.8) is 0 Å². The van der Waals surface area contributed by atoms with E-state index in [1.165, 1.54) is 13.8 Å². The third-order valence-electron chi connectivity index (χ3n) is 6.67. The van der Waals surface area contributed by atoms with E-state index in [9.17, 15) is 34.8 Å². The second-order valence-corrected chi connectivity index (χ2v) is 9.47. The predicted molar refractivity (Wildman–Crippen MR) is 106 cm³/mol. The molecule has 3 rings (SSSR count). The van der Waals surface area contributed by atoms with Crippen molar-refractivity contribution >= 4 is 17.5 Å². The van der Waals surface area contributed by atoms with Crippen molar-refractivity contribution in [2.75, 3.05) is 6.61 Å². The number of aromatic hydroxyl groups is 3. The molecular weight excluding hydrogens is 392 g/mol. The number of phenolic OH excluding ortho intramolecular Hbond substituents is 3. The maximum Gasteiger partial charge on any atom is 0.302 e. The van der Waals surface area contributed by atoms with Gasteiger partial charge in [-0.1, -0.05) is 27.7 Å². The van der Waals surface area contributed by atoms with Gasteiger partial charge in [0.1, 0.15) is 11.9 Å². The number of hydrogen-bond donors (Lipinski definition) is 4. The number of fused-ring (bicyclic) bond motifs is 3. The number of rotatable bonds is 3. The SMILES string of the molecule is CC(=O)OC1CC(C)(C)C2C(=O)C(=O)c3c(O)c(C(C)CO)c(O)c(O)c3C2(C)C1. The van der Waals surface area contributed by atoms with Gasteiger partial charge in [0.15, 0.2) is 11.5 Å². The van der Waals surface area contributed by atoms with E-state index in [0.717, 1.165) is 0 Å². The molecule has 30 heavy (non-hydrogen) atoms. The molecule has 0 aromatic heterocycles. The van der Waals surface area contributed by atoms with E-state index in [0.29, 0.717) is 6.42 Å². The Balaban J connectivity index is 2.35. The number of ether oxygens (including phenoxy) is 1. The second kappa shape index (κ2) is 6.97. The van der Waals surface area contributed by atoms with E-state index < -0.39 is 70.2 Å². The summed E-state index contributed by atoms with van der Waals surface area (Å²) in [5.74, 6) is -5.61. The number of Topliss-reactive ketones (excluding diaryl/α,β-unsaturated/α-hetero) is 2. The molecular formula is C22H28O8. The van der Waals surface area contributed by atoms with Gasteiger partial charge in [0.2, 0.25) is 11.6 Å². The number of hydrogen-bond acceptors (Lipinski definition) is 8. The number of aliphatic hydroxyl groups excluding tert-OH is 1. The largest absolute Gasteiger partial charge is 0.507 e. The summed E-state index contributed by atoms with van der Waals surface area (Å²) in [7, 11) is 0. The lowest BCUT2D eigenvalue weighted by Gasteiger charge is -2.54. The number of esters is 1. The van der Waals surface area contributed by atoms with Crippen LogP contribution in [0.5, 0.6) is 17.2 Å². The zero-order valence-corrected chi connectivity index (χ0v) is 17.8. The van der Waals surface area contributed by atoms with Crippen LogP contribution in [-0.4, -0.2) is 50.7 Å². The van der Waals surface area contributed by atoms with Gasteiger partial charge in [0.25, 0.3) is 0 Å². The minimum absolute atomic E-state index is 0.0223. The number of carbonyl (C=O) groups excluding carboxylic acids is 3. The molecule has 4 N–H and O–H groups in total. The molecule has 1 aromatic rings. The normalized spacial score (nSPS) is 28.5. The van der Waals surface area contributed by atoms with Crippen molar-refractivity contribution in [1.82, 2.24) is 0 Å². The predicted octanol–water partition coefficient (Wildman–Crippen LogP) is 2.29. The van der Waals surface area contributed by atoms with E-state index in [4.69, 9.17) is 4.74 Å². The van der Waals surface area contributed by atoms with Crippen molar-refractivity contribution in [1.29, 1.82) is 0 Å². The van der Waals surface area contributed by atoms with Crippen LogP contribution in [0.4, 0.5) is 0 Å². The number of phenols is 3. The maximum atomic E-state index is 13.2. The summed E-state index contributed by atoms with van der Waals surface area (Å²) in [6, 6.07) is 0. The highest BCUT2D eigenvalue weighted by atomic mass is 16.5. The molecule has 0 heterocycles. The second-order valence-electron chi connectivity index (χ2n) is 9.47. The maximum absolute atomic E-state index is 13.2. The Kier molecular flexibility index (Phi) is 5.13. The lowest BCUT2D eigenvalue weighted by atomic mass is 9.48. The Morgan fingerprint density at radius 3 is 2.23 bits per heavy atom. The van der Waals surface area contributed by atoms with Crippen LogP contribution >= 0.6 is 0 Å². The zero-order valence-electron chi connectivity index (χ0n) is 17.8. The number of ketones is 2. The molecule has 0 spiro atoms. The van der Waals surface area contributed by atoms with Crippen LogP contribution in [0.25, 0.3) is 0 Å². The van der Waals surface area contributed by atoms with Crippen LogP contribution in [0.15, 0.2) is 0 Å². The van der Waals surface area contributed by atoms with Crippen LogP contribution in [0.2, 0.25) is 0 Å². The molecule has 0 bridgehead atoms. The first kappa shape index (κ1) is 22.1. The van der Waals surface area contributed by atoms with Crippen LogP contribution in [0, 0.1) is 11.3 Å². The Hall–Kier alpha value is -2.61. The molecule has 8 nitrogen and oxygen atoms in total. The van der Waals surface area contributed by atoms with Crippen LogP contribution in [0.3, 0.4) is 0 Å². The molecule has 1 aromatic carbocycles. The molecule has 4 unspecified atom stereocenters. The average molecular weight is 420 g/mol. The lowest BCUT2D eigenvalue weighted by molar-refractivity contribution is -0.155. The van der Waals surface area contributed by atoms with Gasteiger partial charge in [-0.05, 0) is 18.3 Å². The van der Waals surface area contributed by atoms with Gasteiger partial charge >= 0.3 is 5.97 Å². The summed E-state index contributed by atoms with van der Waals surface area (Å²) < 4.78 is 5.42. The summed E-state index contributed by atoms with van der Waals surface area (Å²) in [4.78, 5) is 37.8. The minimum atomic E-state index is -1.18. The Bertz CT molecular complexity index is 947. The van der Waals surface area contributed by atoms with E-state index >= 15 is 0 Å². The topological polar surface area (TPSA) is 141 Å². The van der Waals surface area contributed by atoms with Gasteiger partial charge in [-0.15, -0.1) is 0 Å². The summed E-state index contributed by atoms with van der Waals surface area (Å²) >= 11 is 0.